The first-order valence-electron chi connectivity index (χ1n) is 5.73. The molecule has 3 nitrogen and oxygen atoms in total. The average Bonchev–Trinajstić information content (AvgIpc) is 2.66. The molecule has 4 heteroatoms. The second kappa shape index (κ2) is 3.77. The smallest absolute Gasteiger partial charge is 0.220 e. The maximum atomic E-state index is 11.2. The molecule has 1 aliphatic carbocycles. The Morgan fingerprint density at radius 1 is 1.47 bits per heavy atom. The van der Waals surface area contributed by atoms with Crippen LogP contribution in [0.25, 0.3) is 10.9 Å². The lowest BCUT2D eigenvalue weighted by Crippen LogP contribution is -2.28. The van der Waals surface area contributed by atoms with Gasteiger partial charge >= 0.3 is 0 Å². The zero-order valence-electron chi connectivity index (χ0n) is 9.29. The molecule has 1 amide bonds. The molecule has 1 aromatic carbocycles. The number of benzene rings is 1. The molecule has 0 bridgehead atoms. The minimum Gasteiger partial charge on any atom is -0.369 e. The molecule has 17 heavy (non-hydrogen) atoms. The normalized spacial score (nSPS) is 19.2. The van der Waals surface area contributed by atoms with E-state index < -0.39 is 0 Å². The zero-order valence-corrected chi connectivity index (χ0v) is 10.1. The number of hydrogen-bond donors (Lipinski definition) is 2. The molecule has 1 aromatic heterocycles. The van der Waals surface area contributed by atoms with E-state index in [1.807, 2.05) is 18.2 Å². The van der Waals surface area contributed by atoms with Crippen LogP contribution in [0, 0.1) is 5.92 Å². The van der Waals surface area contributed by atoms with Crippen molar-refractivity contribution in [2.24, 2.45) is 11.7 Å². The number of carbonyl (C=O) groups excluding carboxylic acids is 1. The largest absolute Gasteiger partial charge is 0.369 e. The van der Waals surface area contributed by atoms with Crippen LogP contribution in [-0.4, -0.2) is 10.9 Å². The van der Waals surface area contributed by atoms with Gasteiger partial charge in [0.15, 0.2) is 0 Å². The molecule has 0 spiro atoms. The minimum absolute atomic E-state index is 0.0361. The van der Waals surface area contributed by atoms with Gasteiger partial charge in [-0.2, -0.15) is 0 Å². The highest BCUT2D eigenvalue weighted by Gasteiger charge is 2.25. The second-order valence-corrected chi connectivity index (χ2v) is 5.05. The number of aromatic amines is 1. The van der Waals surface area contributed by atoms with Gasteiger partial charge in [-0.15, -0.1) is 0 Å². The van der Waals surface area contributed by atoms with Gasteiger partial charge in [-0.25, -0.2) is 0 Å². The first kappa shape index (κ1) is 10.7. The Balaban J connectivity index is 2.10. The molecule has 1 aliphatic rings. The van der Waals surface area contributed by atoms with Crippen molar-refractivity contribution >= 4 is 28.4 Å². The number of nitrogens with one attached hydrogen (secondary N) is 1. The highest BCUT2D eigenvalue weighted by atomic mass is 35.5. The monoisotopic (exact) mass is 248 g/mol. The molecule has 2 aromatic rings. The summed E-state index contributed by atoms with van der Waals surface area (Å²) in [6, 6.07) is 5.84. The zero-order chi connectivity index (χ0) is 12.0. The molecule has 1 heterocycles. The van der Waals surface area contributed by atoms with Crippen molar-refractivity contribution in [1.82, 2.24) is 4.98 Å². The molecule has 3 rings (SSSR count). The molecule has 0 aliphatic heterocycles. The predicted molar refractivity (Wildman–Crippen MR) is 68.0 cm³/mol. The number of halogens is 1. The van der Waals surface area contributed by atoms with Crippen molar-refractivity contribution in [3.63, 3.8) is 0 Å². The first-order chi connectivity index (χ1) is 8.15. The molecule has 0 saturated heterocycles. The van der Waals surface area contributed by atoms with Crippen LogP contribution in [0.2, 0.25) is 5.02 Å². The summed E-state index contributed by atoms with van der Waals surface area (Å²) in [5, 5.41) is 1.92. The van der Waals surface area contributed by atoms with E-state index in [9.17, 15) is 4.79 Å². The number of nitrogens with two attached hydrogens (primary N) is 1. The molecular weight excluding hydrogens is 236 g/mol. The highest BCUT2D eigenvalue weighted by Crippen LogP contribution is 2.32. The number of H-pyrrole nitrogens is 1. The van der Waals surface area contributed by atoms with Crippen molar-refractivity contribution in [2.75, 3.05) is 0 Å². The summed E-state index contributed by atoms with van der Waals surface area (Å²) in [5.41, 5.74) is 8.88. The molecule has 1 atom stereocenters. The molecule has 0 saturated carbocycles. The van der Waals surface area contributed by atoms with Gasteiger partial charge in [-0.1, -0.05) is 11.6 Å². The highest BCUT2D eigenvalue weighted by molar-refractivity contribution is 6.31. The number of rotatable bonds is 1. The lowest BCUT2D eigenvalue weighted by atomic mass is 9.86. The van der Waals surface area contributed by atoms with Crippen molar-refractivity contribution in [1.29, 1.82) is 0 Å². The quantitative estimate of drug-likeness (QED) is 0.800. The van der Waals surface area contributed by atoms with Gasteiger partial charge in [0, 0.05) is 27.5 Å². The fourth-order valence-electron chi connectivity index (χ4n) is 2.65. The maximum absolute atomic E-state index is 11.2. The van der Waals surface area contributed by atoms with E-state index in [1.165, 1.54) is 10.9 Å². The third kappa shape index (κ3) is 1.71. The van der Waals surface area contributed by atoms with Crippen LogP contribution in [0.3, 0.4) is 0 Å². The third-order valence-electron chi connectivity index (χ3n) is 3.55. The van der Waals surface area contributed by atoms with Crippen LogP contribution in [0.15, 0.2) is 18.2 Å². The van der Waals surface area contributed by atoms with Gasteiger partial charge in [-0.3, -0.25) is 4.79 Å². The predicted octanol–water partition coefficient (Wildman–Crippen LogP) is 2.41. The number of aromatic nitrogens is 1. The molecular formula is C13H13ClN2O. The van der Waals surface area contributed by atoms with Crippen molar-refractivity contribution < 1.29 is 4.79 Å². The van der Waals surface area contributed by atoms with Crippen molar-refractivity contribution in [2.45, 2.75) is 19.3 Å². The van der Waals surface area contributed by atoms with Gasteiger partial charge in [0.25, 0.3) is 0 Å². The summed E-state index contributed by atoms with van der Waals surface area (Å²) >= 11 is 6.01. The topological polar surface area (TPSA) is 58.9 Å². The Hall–Kier alpha value is -1.48. The van der Waals surface area contributed by atoms with Gasteiger partial charge in [0.05, 0.1) is 0 Å². The van der Waals surface area contributed by atoms with Crippen LogP contribution < -0.4 is 5.73 Å². The lowest BCUT2D eigenvalue weighted by Gasteiger charge is -2.19. The summed E-state index contributed by atoms with van der Waals surface area (Å²) in [4.78, 5) is 14.6. The Kier molecular flexibility index (Phi) is 2.37. The van der Waals surface area contributed by atoms with E-state index >= 15 is 0 Å². The van der Waals surface area contributed by atoms with E-state index in [2.05, 4.69) is 4.98 Å². The van der Waals surface area contributed by atoms with Gasteiger partial charge < -0.3 is 10.7 Å². The third-order valence-corrected chi connectivity index (χ3v) is 3.79. The Bertz CT molecular complexity index is 603. The number of carbonyl (C=O) groups is 1. The molecule has 1 unspecified atom stereocenters. The summed E-state index contributed by atoms with van der Waals surface area (Å²) in [7, 11) is 0. The number of fused-ring (bicyclic) bond motifs is 3. The minimum atomic E-state index is -0.202. The van der Waals surface area contributed by atoms with E-state index in [-0.39, 0.29) is 11.8 Å². The van der Waals surface area contributed by atoms with Crippen molar-refractivity contribution in [3.05, 3.63) is 34.5 Å². The fourth-order valence-corrected chi connectivity index (χ4v) is 2.82. The number of primary amides is 1. The van der Waals surface area contributed by atoms with Crippen LogP contribution in [0.4, 0.5) is 0 Å². The summed E-state index contributed by atoms with van der Waals surface area (Å²) < 4.78 is 0. The van der Waals surface area contributed by atoms with E-state index in [0.29, 0.717) is 0 Å². The lowest BCUT2D eigenvalue weighted by molar-refractivity contribution is -0.122. The fraction of sp³-hybridized carbons (Fsp3) is 0.308. The Morgan fingerprint density at radius 3 is 3.06 bits per heavy atom. The van der Waals surface area contributed by atoms with Crippen LogP contribution in [0.1, 0.15) is 17.7 Å². The van der Waals surface area contributed by atoms with Crippen LogP contribution in [-0.2, 0) is 17.6 Å². The van der Waals surface area contributed by atoms with Crippen LogP contribution >= 0.6 is 11.6 Å². The maximum Gasteiger partial charge on any atom is 0.220 e. The summed E-state index contributed by atoms with van der Waals surface area (Å²) in [5.74, 6) is -0.238. The molecule has 0 fully saturated rings. The van der Waals surface area contributed by atoms with Crippen LogP contribution in [0.5, 0.6) is 0 Å². The number of aryl methyl sites for hydroxylation is 1. The number of amides is 1. The second-order valence-electron chi connectivity index (χ2n) is 4.61. The van der Waals surface area contributed by atoms with E-state index in [0.717, 1.165) is 35.5 Å². The van der Waals surface area contributed by atoms with Gasteiger partial charge in [0.2, 0.25) is 5.91 Å². The number of hydrogen-bond acceptors (Lipinski definition) is 1. The Morgan fingerprint density at radius 2 is 2.29 bits per heavy atom. The van der Waals surface area contributed by atoms with Gasteiger partial charge in [-0.05, 0) is 43.0 Å². The van der Waals surface area contributed by atoms with Crippen molar-refractivity contribution in [3.8, 4) is 0 Å². The Labute approximate surface area is 104 Å². The van der Waals surface area contributed by atoms with E-state index in [4.69, 9.17) is 17.3 Å². The van der Waals surface area contributed by atoms with E-state index in [1.54, 1.807) is 0 Å². The molecule has 0 radical (unpaired) electrons. The molecule has 3 N–H and O–H groups in total. The van der Waals surface area contributed by atoms with Gasteiger partial charge in [0.1, 0.15) is 0 Å². The SMILES string of the molecule is NC(=O)C1CCc2c([nH]c3ccc(Cl)cc23)C1. The average molecular weight is 249 g/mol. The molecule has 88 valence electrons. The summed E-state index contributed by atoms with van der Waals surface area (Å²) in [6.45, 7) is 0. The summed E-state index contributed by atoms with van der Waals surface area (Å²) in [6.07, 6.45) is 2.45. The first-order valence-corrected chi connectivity index (χ1v) is 6.11. The standard InChI is InChI=1S/C13H13ClN2O/c14-8-2-4-11-10(6-8)9-3-1-7(13(15)17)5-12(9)16-11/h2,4,6-7,16H,1,3,5H2,(H2,15,17).